The molecule has 1 nitrogen and oxygen atoms in total. The maximum Gasteiger partial charge on any atom is 0.244 e. The lowest BCUT2D eigenvalue weighted by Gasteiger charge is -2.01. The predicted octanol–water partition coefficient (Wildman–Crippen LogP) is 2.07. The average Bonchev–Trinajstić information content (AvgIpc) is 2.05. The van der Waals surface area contributed by atoms with Crippen LogP contribution in [-0.2, 0) is 0 Å². The van der Waals surface area contributed by atoms with Gasteiger partial charge >= 0.3 is 0 Å². The van der Waals surface area contributed by atoms with Gasteiger partial charge in [-0.15, -0.1) is 0 Å². The summed E-state index contributed by atoms with van der Waals surface area (Å²) in [4.78, 5) is 0. The van der Waals surface area contributed by atoms with Crippen LogP contribution in [0.5, 0.6) is 5.75 Å². The third-order valence-electron chi connectivity index (χ3n) is 1.48. The molecule has 0 saturated carbocycles. The molecule has 0 radical (unpaired) electrons. The van der Waals surface area contributed by atoms with E-state index in [4.69, 9.17) is 4.43 Å². The van der Waals surface area contributed by atoms with Crippen molar-refractivity contribution in [1.82, 2.24) is 0 Å². The van der Waals surface area contributed by atoms with Gasteiger partial charge in [-0.1, -0.05) is 29.5 Å². The normalized spacial score (nSPS) is 10.2. The maximum absolute atomic E-state index is 5.58. The lowest BCUT2D eigenvalue weighted by molar-refractivity contribution is 0.603. The minimum Gasteiger partial charge on any atom is -0.546 e. The Labute approximate surface area is 76.0 Å². The van der Waals surface area contributed by atoms with Crippen molar-refractivity contribution >= 4 is 9.76 Å². The van der Waals surface area contributed by atoms with E-state index in [0.29, 0.717) is 0 Å². The molecule has 0 amide bonds. The minimum atomic E-state index is -0.496. The van der Waals surface area contributed by atoms with Gasteiger partial charge in [0, 0.05) is 0 Å². The van der Waals surface area contributed by atoms with Crippen LogP contribution in [0, 0.1) is 0 Å². The van der Waals surface area contributed by atoms with Crippen molar-refractivity contribution in [2.45, 2.75) is 13.8 Å². The van der Waals surface area contributed by atoms with Crippen LogP contribution in [0.25, 0.3) is 0 Å². The van der Waals surface area contributed by atoms with E-state index in [2.05, 4.69) is 19.5 Å². The van der Waals surface area contributed by atoms with Crippen LogP contribution in [0.2, 0.25) is 0 Å². The minimum absolute atomic E-state index is 0.496. The van der Waals surface area contributed by atoms with Crippen molar-refractivity contribution in [2.75, 3.05) is 0 Å². The number of para-hydroxylation sites is 1. The van der Waals surface area contributed by atoms with Crippen molar-refractivity contribution in [3.05, 3.63) is 41.6 Å². The molecule has 0 unspecified atom stereocenters. The standard InChI is InChI=1S/C10H14OSi/c1-9(2)8-12-11-10-6-4-3-5-7-10/h3-8H,12H2,1-2H3. The molecule has 0 atom stereocenters. The Morgan fingerprint density at radius 1 is 1.25 bits per heavy atom. The smallest absolute Gasteiger partial charge is 0.244 e. The van der Waals surface area contributed by atoms with Gasteiger partial charge in [0.25, 0.3) is 0 Å². The fourth-order valence-electron chi connectivity index (χ4n) is 0.821. The molecular formula is C10H14OSi. The van der Waals surface area contributed by atoms with Crippen molar-refractivity contribution in [3.8, 4) is 5.75 Å². The van der Waals surface area contributed by atoms with Gasteiger partial charge in [-0.3, -0.25) is 0 Å². The highest BCUT2D eigenvalue weighted by Gasteiger charge is 1.87. The summed E-state index contributed by atoms with van der Waals surface area (Å²) in [6, 6.07) is 9.96. The molecule has 0 N–H and O–H groups in total. The first-order valence-electron chi connectivity index (χ1n) is 4.10. The highest BCUT2D eigenvalue weighted by Crippen LogP contribution is 2.07. The molecule has 1 rings (SSSR count). The quantitative estimate of drug-likeness (QED) is 0.644. The summed E-state index contributed by atoms with van der Waals surface area (Å²) in [7, 11) is -0.496. The molecular weight excluding hydrogens is 164 g/mol. The Bertz CT molecular complexity index is 250. The summed E-state index contributed by atoms with van der Waals surface area (Å²) in [5.41, 5.74) is 3.55. The van der Waals surface area contributed by atoms with Gasteiger partial charge in [-0.25, -0.2) is 0 Å². The van der Waals surface area contributed by atoms with Crippen LogP contribution in [0.15, 0.2) is 41.6 Å². The zero-order chi connectivity index (χ0) is 8.81. The van der Waals surface area contributed by atoms with Gasteiger partial charge in [-0.2, -0.15) is 0 Å². The van der Waals surface area contributed by atoms with Crippen LogP contribution in [-0.4, -0.2) is 9.76 Å². The molecule has 64 valence electrons. The first-order valence-corrected chi connectivity index (χ1v) is 5.49. The second kappa shape index (κ2) is 4.77. The van der Waals surface area contributed by atoms with Crippen molar-refractivity contribution in [3.63, 3.8) is 0 Å². The summed E-state index contributed by atoms with van der Waals surface area (Å²) < 4.78 is 5.58. The van der Waals surface area contributed by atoms with E-state index < -0.39 is 9.76 Å². The summed E-state index contributed by atoms with van der Waals surface area (Å²) in [6.07, 6.45) is 0. The monoisotopic (exact) mass is 178 g/mol. The summed E-state index contributed by atoms with van der Waals surface area (Å²) in [5.74, 6) is 0.988. The molecule has 0 spiro atoms. The SMILES string of the molecule is CC(C)=C[SiH2]Oc1ccccc1. The Balaban J connectivity index is 2.39. The van der Waals surface area contributed by atoms with Crippen LogP contribution >= 0.6 is 0 Å². The zero-order valence-corrected chi connectivity index (χ0v) is 8.99. The molecule has 1 aromatic carbocycles. The largest absolute Gasteiger partial charge is 0.546 e. The maximum atomic E-state index is 5.58. The van der Waals surface area contributed by atoms with E-state index in [1.165, 1.54) is 5.57 Å². The lowest BCUT2D eigenvalue weighted by Crippen LogP contribution is -1.98. The molecule has 0 heterocycles. The van der Waals surface area contributed by atoms with Crippen molar-refractivity contribution in [1.29, 1.82) is 0 Å². The molecule has 2 heteroatoms. The highest BCUT2D eigenvalue weighted by atomic mass is 28.2. The van der Waals surface area contributed by atoms with Gasteiger partial charge < -0.3 is 4.43 Å². The highest BCUT2D eigenvalue weighted by molar-refractivity contribution is 6.35. The van der Waals surface area contributed by atoms with Crippen molar-refractivity contribution < 1.29 is 4.43 Å². The number of hydrogen-bond acceptors (Lipinski definition) is 1. The molecule has 0 aliphatic heterocycles. The number of rotatable bonds is 3. The first-order chi connectivity index (χ1) is 5.79. The second-order valence-corrected chi connectivity index (χ2v) is 3.94. The van der Waals surface area contributed by atoms with E-state index in [-0.39, 0.29) is 0 Å². The van der Waals surface area contributed by atoms with E-state index in [9.17, 15) is 0 Å². The van der Waals surface area contributed by atoms with Crippen molar-refractivity contribution in [2.24, 2.45) is 0 Å². The second-order valence-electron chi connectivity index (χ2n) is 2.91. The van der Waals surface area contributed by atoms with E-state index >= 15 is 0 Å². The van der Waals surface area contributed by atoms with E-state index in [1.54, 1.807) is 0 Å². The average molecular weight is 178 g/mol. The molecule has 12 heavy (non-hydrogen) atoms. The molecule has 0 saturated heterocycles. The summed E-state index contributed by atoms with van der Waals surface area (Å²) in [6.45, 7) is 4.20. The first kappa shape index (κ1) is 9.07. The van der Waals surface area contributed by atoms with Crippen LogP contribution in [0.1, 0.15) is 13.8 Å². The third-order valence-corrected chi connectivity index (χ3v) is 2.97. The predicted molar refractivity (Wildman–Crippen MR) is 55.0 cm³/mol. The Kier molecular flexibility index (Phi) is 3.61. The van der Waals surface area contributed by atoms with E-state index in [0.717, 1.165) is 5.75 Å². The molecule has 0 aliphatic rings. The molecule has 0 aliphatic carbocycles. The molecule has 0 bridgehead atoms. The van der Waals surface area contributed by atoms with Gasteiger partial charge in [-0.05, 0) is 26.0 Å². The topological polar surface area (TPSA) is 9.23 Å². The number of hydrogen-bond donors (Lipinski definition) is 0. The lowest BCUT2D eigenvalue weighted by atomic mass is 10.3. The van der Waals surface area contributed by atoms with Gasteiger partial charge in [0.05, 0.1) is 0 Å². The third kappa shape index (κ3) is 3.39. The summed E-state index contributed by atoms with van der Waals surface area (Å²) >= 11 is 0. The van der Waals surface area contributed by atoms with Gasteiger partial charge in [0.15, 0.2) is 0 Å². The van der Waals surface area contributed by atoms with Gasteiger partial charge in [0.1, 0.15) is 5.75 Å². The Morgan fingerprint density at radius 3 is 2.50 bits per heavy atom. The van der Waals surface area contributed by atoms with Crippen LogP contribution < -0.4 is 4.43 Å². The fraction of sp³-hybridized carbons (Fsp3) is 0.200. The molecule has 0 aromatic heterocycles. The fourth-order valence-corrected chi connectivity index (χ4v) is 1.62. The Morgan fingerprint density at radius 2 is 1.92 bits per heavy atom. The van der Waals surface area contributed by atoms with Gasteiger partial charge in [0.2, 0.25) is 9.76 Å². The van der Waals surface area contributed by atoms with Crippen LogP contribution in [0.4, 0.5) is 0 Å². The molecule has 0 fully saturated rings. The zero-order valence-electron chi connectivity index (χ0n) is 7.58. The van der Waals surface area contributed by atoms with Crippen LogP contribution in [0.3, 0.4) is 0 Å². The van der Waals surface area contributed by atoms with E-state index in [1.807, 2.05) is 30.3 Å². The number of allylic oxidation sites excluding steroid dienone is 1. The Hall–Kier alpha value is -1.02. The summed E-state index contributed by atoms with van der Waals surface area (Å²) in [5, 5.41) is 0. The molecule has 1 aromatic rings. The number of benzene rings is 1.